The second kappa shape index (κ2) is 8.06. The molecule has 3 rings (SSSR count). The average molecular weight is 361 g/mol. The van der Waals surface area contributed by atoms with Crippen LogP contribution in [-0.2, 0) is 0 Å². The topological polar surface area (TPSA) is 92.1 Å². The first-order valence-corrected chi connectivity index (χ1v) is 8.24. The molecule has 7 heteroatoms. The van der Waals surface area contributed by atoms with E-state index in [0.29, 0.717) is 40.2 Å². The number of hydrogen-bond acceptors (Lipinski definition) is 7. The third kappa shape index (κ3) is 4.25. The van der Waals surface area contributed by atoms with Gasteiger partial charge in [-0.2, -0.15) is 5.26 Å². The standard InChI is InChI=1S/C20H19N5O2/c1-13-22-19(24-16-7-5-4-6-14(16)12-21)11-20(23-13)25-17-9-8-15(26-2)10-18(17)27-3/h4-11H,1-3H3,(H2,22,23,24,25). The lowest BCUT2D eigenvalue weighted by molar-refractivity contribution is 0.395. The first-order valence-electron chi connectivity index (χ1n) is 8.24. The van der Waals surface area contributed by atoms with Gasteiger partial charge in [0.05, 0.1) is 31.2 Å². The van der Waals surface area contributed by atoms with Gasteiger partial charge in [-0.15, -0.1) is 0 Å². The Hall–Kier alpha value is -3.79. The number of nitrogens with one attached hydrogen (secondary N) is 2. The first kappa shape index (κ1) is 18.0. The maximum Gasteiger partial charge on any atom is 0.146 e. The molecule has 2 N–H and O–H groups in total. The number of benzene rings is 2. The number of anilines is 4. The third-order valence-corrected chi connectivity index (χ3v) is 3.82. The highest BCUT2D eigenvalue weighted by atomic mass is 16.5. The summed E-state index contributed by atoms with van der Waals surface area (Å²) in [4.78, 5) is 8.81. The van der Waals surface area contributed by atoms with Gasteiger partial charge in [-0.3, -0.25) is 0 Å². The van der Waals surface area contributed by atoms with Gasteiger partial charge >= 0.3 is 0 Å². The van der Waals surface area contributed by atoms with Crippen LogP contribution in [0.2, 0.25) is 0 Å². The Morgan fingerprint density at radius 3 is 2.26 bits per heavy atom. The molecule has 0 amide bonds. The molecule has 0 atom stereocenters. The van der Waals surface area contributed by atoms with Crippen molar-refractivity contribution in [3.8, 4) is 17.6 Å². The fraction of sp³-hybridized carbons (Fsp3) is 0.150. The monoisotopic (exact) mass is 361 g/mol. The first-order chi connectivity index (χ1) is 13.1. The molecule has 7 nitrogen and oxygen atoms in total. The van der Waals surface area contributed by atoms with Crippen molar-refractivity contribution in [1.29, 1.82) is 5.26 Å². The molecular formula is C20H19N5O2. The summed E-state index contributed by atoms with van der Waals surface area (Å²) in [5.41, 5.74) is 1.98. The summed E-state index contributed by atoms with van der Waals surface area (Å²) in [5.74, 6) is 3.11. The molecule has 0 aliphatic rings. The van der Waals surface area contributed by atoms with Crippen LogP contribution in [0.4, 0.5) is 23.0 Å². The van der Waals surface area contributed by atoms with Crippen LogP contribution in [0.25, 0.3) is 0 Å². The van der Waals surface area contributed by atoms with E-state index in [1.807, 2.05) is 30.3 Å². The van der Waals surface area contributed by atoms with Gasteiger partial charge in [-0.25, -0.2) is 9.97 Å². The largest absolute Gasteiger partial charge is 0.497 e. The van der Waals surface area contributed by atoms with Crippen molar-refractivity contribution >= 4 is 23.0 Å². The lowest BCUT2D eigenvalue weighted by Crippen LogP contribution is -2.03. The van der Waals surface area contributed by atoms with E-state index in [1.54, 1.807) is 39.3 Å². The van der Waals surface area contributed by atoms with Crippen LogP contribution in [0.5, 0.6) is 11.5 Å². The molecule has 136 valence electrons. The average Bonchev–Trinajstić information content (AvgIpc) is 2.68. The second-order valence-electron chi connectivity index (χ2n) is 5.66. The quantitative estimate of drug-likeness (QED) is 0.681. The Labute approximate surface area is 157 Å². The Morgan fingerprint density at radius 1 is 0.889 bits per heavy atom. The molecule has 27 heavy (non-hydrogen) atoms. The molecule has 0 aliphatic carbocycles. The molecule has 0 fully saturated rings. The molecule has 0 bridgehead atoms. The van der Waals surface area contributed by atoms with Gasteiger partial charge in [-0.1, -0.05) is 12.1 Å². The third-order valence-electron chi connectivity index (χ3n) is 3.82. The lowest BCUT2D eigenvalue weighted by Gasteiger charge is -2.14. The van der Waals surface area contributed by atoms with Crippen molar-refractivity contribution in [3.63, 3.8) is 0 Å². The van der Waals surface area contributed by atoms with Gasteiger partial charge in [0.2, 0.25) is 0 Å². The number of para-hydroxylation sites is 1. The van der Waals surface area contributed by atoms with E-state index >= 15 is 0 Å². The number of aromatic nitrogens is 2. The Kier molecular flexibility index (Phi) is 5.38. The van der Waals surface area contributed by atoms with Crippen LogP contribution in [0, 0.1) is 18.3 Å². The number of hydrogen-bond donors (Lipinski definition) is 2. The van der Waals surface area contributed by atoms with E-state index in [9.17, 15) is 5.26 Å². The van der Waals surface area contributed by atoms with Gasteiger partial charge < -0.3 is 20.1 Å². The van der Waals surface area contributed by atoms with Crippen molar-refractivity contribution in [3.05, 3.63) is 59.9 Å². The number of rotatable bonds is 6. The van der Waals surface area contributed by atoms with E-state index in [0.717, 1.165) is 5.69 Å². The van der Waals surface area contributed by atoms with Crippen LogP contribution in [0.15, 0.2) is 48.5 Å². The fourth-order valence-electron chi connectivity index (χ4n) is 2.56. The molecule has 0 aliphatic heterocycles. The van der Waals surface area contributed by atoms with Crippen LogP contribution >= 0.6 is 0 Å². The maximum atomic E-state index is 9.24. The minimum absolute atomic E-state index is 0.542. The summed E-state index contributed by atoms with van der Waals surface area (Å²) in [6, 6.07) is 16.7. The Morgan fingerprint density at radius 2 is 1.59 bits per heavy atom. The van der Waals surface area contributed by atoms with Gasteiger partial charge in [-0.05, 0) is 31.2 Å². The van der Waals surface area contributed by atoms with Crippen LogP contribution in [0.3, 0.4) is 0 Å². The van der Waals surface area contributed by atoms with E-state index in [-0.39, 0.29) is 0 Å². The molecule has 3 aromatic rings. The van der Waals surface area contributed by atoms with Gasteiger partial charge in [0, 0.05) is 12.1 Å². The molecule has 0 spiro atoms. The van der Waals surface area contributed by atoms with Gasteiger partial charge in [0.15, 0.2) is 0 Å². The van der Waals surface area contributed by atoms with E-state index in [2.05, 4.69) is 26.7 Å². The van der Waals surface area contributed by atoms with Crippen molar-refractivity contribution in [1.82, 2.24) is 9.97 Å². The van der Waals surface area contributed by atoms with Crippen molar-refractivity contribution in [2.24, 2.45) is 0 Å². The zero-order valence-electron chi connectivity index (χ0n) is 15.3. The van der Waals surface area contributed by atoms with Crippen molar-refractivity contribution < 1.29 is 9.47 Å². The minimum Gasteiger partial charge on any atom is -0.497 e. The SMILES string of the molecule is COc1ccc(Nc2cc(Nc3ccccc3C#N)nc(C)n2)c(OC)c1. The zero-order valence-corrected chi connectivity index (χ0v) is 15.3. The number of methoxy groups -OCH3 is 2. The fourth-order valence-corrected chi connectivity index (χ4v) is 2.56. The highest BCUT2D eigenvalue weighted by molar-refractivity contribution is 5.70. The zero-order chi connectivity index (χ0) is 19.2. The predicted molar refractivity (Wildman–Crippen MR) is 104 cm³/mol. The summed E-state index contributed by atoms with van der Waals surface area (Å²) < 4.78 is 10.6. The summed E-state index contributed by atoms with van der Waals surface area (Å²) >= 11 is 0. The highest BCUT2D eigenvalue weighted by Gasteiger charge is 2.09. The highest BCUT2D eigenvalue weighted by Crippen LogP contribution is 2.31. The number of nitrogens with zero attached hydrogens (tertiary/aromatic N) is 3. The smallest absolute Gasteiger partial charge is 0.146 e. The van der Waals surface area contributed by atoms with E-state index in [1.165, 1.54) is 0 Å². The van der Waals surface area contributed by atoms with E-state index in [4.69, 9.17) is 9.47 Å². The minimum atomic E-state index is 0.542. The molecule has 0 saturated carbocycles. The molecule has 1 aromatic heterocycles. The summed E-state index contributed by atoms with van der Waals surface area (Å²) in [7, 11) is 3.20. The maximum absolute atomic E-state index is 9.24. The van der Waals surface area contributed by atoms with Crippen LogP contribution in [-0.4, -0.2) is 24.2 Å². The van der Waals surface area contributed by atoms with E-state index < -0.39 is 0 Å². The number of nitriles is 1. The normalized spacial score (nSPS) is 10.0. The van der Waals surface area contributed by atoms with Gasteiger partial charge in [0.25, 0.3) is 0 Å². The molecule has 0 radical (unpaired) electrons. The van der Waals surface area contributed by atoms with Crippen LogP contribution in [0.1, 0.15) is 11.4 Å². The molecule has 1 heterocycles. The molecule has 0 saturated heterocycles. The summed E-state index contributed by atoms with van der Waals surface area (Å²) in [5, 5.41) is 15.6. The molecule has 2 aromatic carbocycles. The van der Waals surface area contributed by atoms with Crippen LogP contribution < -0.4 is 20.1 Å². The van der Waals surface area contributed by atoms with Crippen molar-refractivity contribution in [2.75, 3.05) is 24.9 Å². The van der Waals surface area contributed by atoms with Crippen molar-refractivity contribution in [2.45, 2.75) is 6.92 Å². The summed E-state index contributed by atoms with van der Waals surface area (Å²) in [6.07, 6.45) is 0. The summed E-state index contributed by atoms with van der Waals surface area (Å²) in [6.45, 7) is 1.80. The number of ether oxygens (including phenoxy) is 2. The second-order valence-corrected chi connectivity index (χ2v) is 5.66. The predicted octanol–water partition coefficient (Wildman–Crippen LogP) is 4.16. The number of aryl methyl sites for hydroxylation is 1. The molecule has 0 unspecified atom stereocenters. The van der Waals surface area contributed by atoms with Gasteiger partial charge in [0.1, 0.15) is 35.0 Å². The lowest BCUT2D eigenvalue weighted by atomic mass is 10.2. The Bertz CT molecular complexity index is 998. The Balaban J connectivity index is 1.89. The molecular weight excluding hydrogens is 342 g/mol.